The molecule has 0 aliphatic heterocycles. The van der Waals surface area contributed by atoms with E-state index in [9.17, 15) is 19.2 Å². The SMILES string of the molecule is C=CCNC(=O)C(C)(C)N=NC(C)(C)C(=O)NCC=C.C=CCNC(=O)C(C)(C)N=NC(C)(C)C(=O)NCC=C. The molecule has 0 saturated heterocycles. The summed E-state index contributed by atoms with van der Waals surface area (Å²) in [6.45, 7) is 28.6. The van der Waals surface area contributed by atoms with Crippen LogP contribution < -0.4 is 21.3 Å². The molecule has 0 heterocycles. The molecule has 0 aromatic heterocycles. The first-order valence-corrected chi connectivity index (χ1v) is 12.8. The fourth-order valence-electron chi connectivity index (χ4n) is 2.21. The van der Waals surface area contributed by atoms with Gasteiger partial charge in [0.2, 0.25) is 23.6 Å². The second-order valence-corrected chi connectivity index (χ2v) is 10.6. The summed E-state index contributed by atoms with van der Waals surface area (Å²) in [5.74, 6) is -1.10. The Kier molecular flexibility index (Phi) is 16.8. The molecule has 0 rings (SSSR count). The van der Waals surface area contributed by atoms with Gasteiger partial charge in [-0.1, -0.05) is 24.3 Å². The maximum Gasteiger partial charge on any atom is 0.249 e. The third-order valence-corrected chi connectivity index (χ3v) is 4.95. The molecule has 4 N–H and O–H groups in total. The maximum atomic E-state index is 11.9. The smallest absolute Gasteiger partial charge is 0.249 e. The van der Waals surface area contributed by atoms with Crippen LogP contribution in [0.4, 0.5) is 0 Å². The van der Waals surface area contributed by atoms with E-state index in [1.165, 1.54) is 0 Å². The minimum absolute atomic E-state index is 0.275. The van der Waals surface area contributed by atoms with E-state index in [1.54, 1.807) is 79.7 Å². The van der Waals surface area contributed by atoms with Crippen molar-refractivity contribution in [3.05, 3.63) is 50.6 Å². The molecule has 12 heteroatoms. The zero-order valence-electron chi connectivity index (χ0n) is 25.4. The highest BCUT2D eigenvalue weighted by molar-refractivity contribution is 5.87. The average molecular weight is 561 g/mol. The molecule has 0 aromatic carbocycles. The Morgan fingerprint density at radius 3 is 0.725 bits per heavy atom. The summed E-state index contributed by atoms with van der Waals surface area (Å²) >= 11 is 0. The molecule has 0 atom stereocenters. The second kappa shape index (κ2) is 17.6. The molecule has 0 aliphatic carbocycles. The van der Waals surface area contributed by atoms with E-state index in [2.05, 4.69) is 68.0 Å². The molecule has 4 amide bonds. The summed E-state index contributed by atoms with van der Waals surface area (Å²) in [6, 6.07) is 0. The average Bonchev–Trinajstić information content (AvgIpc) is 2.89. The van der Waals surface area contributed by atoms with Gasteiger partial charge in [0.05, 0.1) is 0 Å². The van der Waals surface area contributed by atoms with Crippen molar-refractivity contribution in [3.63, 3.8) is 0 Å². The Labute approximate surface area is 239 Å². The first kappa shape index (κ1) is 38.2. The number of amides is 4. The van der Waals surface area contributed by atoms with Crippen molar-refractivity contribution in [3.8, 4) is 0 Å². The monoisotopic (exact) mass is 560 g/mol. The van der Waals surface area contributed by atoms with Gasteiger partial charge >= 0.3 is 0 Å². The topological polar surface area (TPSA) is 166 Å². The molecule has 0 aromatic rings. The number of hydrogen-bond acceptors (Lipinski definition) is 8. The van der Waals surface area contributed by atoms with E-state index in [0.717, 1.165) is 0 Å². The molecule has 0 spiro atoms. The van der Waals surface area contributed by atoms with E-state index in [-0.39, 0.29) is 23.6 Å². The van der Waals surface area contributed by atoms with E-state index in [1.807, 2.05) is 0 Å². The van der Waals surface area contributed by atoms with Crippen molar-refractivity contribution < 1.29 is 19.2 Å². The minimum Gasteiger partial charge on any atom is -0.350 e. The molecule has 0 bridgehead atoms. The normalized spacial score (nSPS) is 12.0. The predicted octanol–water partition coefficient (Wildman–Crippen LogP) is 3.20. The van der Waals surface area contributed by atoms with Gasteiger partial charge in [-0.15, -0.1) is 26.3 Å². The first-order valence-electron chi connectivity index (χ1n) is 12.8. The number of carbonyl (C=O) groups excluding carboxylic acids is 4. The lowest BCUT2D eigenvalue weighted by Crippen LogP contribution is -2.43. The molecule has 0 radical (unpaired) electrons. The number of nitrogens with zero attached hydrogens (tertiary/aromatic N) is 4. The largest absolute Gasteiger partial charge is 0.350 e. The van der Waals surface area contributed by atoms with Gasteiger partial charge in [-0.2, -0.15) is 20.5 Å². The summed E-state index contributed by atoms with van der Waals surface area (Å²) in [4.78, 5) is 47.4. The molecule has 12 nitrogen and oxygen atoms in total. The highest BCUT2D eigenvalue weighted by Gasteiger charge is 2.32. The quantitative estimate of drug-likeness (QED) is 0.168. The first-order chi connectivity index (χ1) is 18.3. The van der Waals surface area contributed by atoms with Gasteiger partial charge in [-0.3, -0.25) is 19.2 Å². The third kappa shape index (κ3) is 14.8. The minimum atomic E-state index is -1.04. The zero-order valence-corrected chi connectivity index (χ0v) is 25.4. The van der Waals surface area contributed by atoms with Crippen LogP contribution in [-0.2, 0) is 19.2 Å². The van der Waals surface area contributed by atoms with Crippen molar-refractivity contribution in [2.75, 3.05) is 26.2 Å². The third-order valence-electron chi connectivity index (χ3n) is 4.95. The van der Waals surface area contributed by atoms with Crippen LogP contribution in [0.15, 0.2) is 71.1 Å². The lowest BCUT2D eigenvalue weighted by atomic mass is 10.0. The van der Waals surface area contributed by atoms with Gasteiger partial charge in [0.1, 0.15) is 0 Å². The number of nitrogens with one attached hydrogen (secondary N) is 4. The van der Waals surface area contributed by atoms with Crippen LogP contribution in [0.2, 0.25) is 0 Å². The zero-order chi connectivity index (χ0) is 31.6. The Morgan fingerprint density at radius 1 is 0.450 bits per heavy atom. The molecule has 0 aliphatic rings. The van der Waals surface area contributed by atoms with Gasteiger partial charge in [0.15, 0.2) is 22.2 Å². The van der Waals surface area contributed by atoms with Crippen molar-refractivity contribution in [2.45, 2.75) is 77.5 Å². The summed E-state index contributed by atoms with van der Waals surface area (Å²) in [5, 5.41) is 26.6. The van der Waals surface area contributed by atoms with Crippen molar-refractivity contribution in [2.24, 2.45) is 20.5 Å². The van der Waals surface area contributed by atoms with Gasteiger partial charge in [-0.25, -0.2) is 0 Å². The predicted molar refractivity (Wildman–Crippen MR) is 159 cm³/mol. The van der Waals surface area contributed by atoms with E-state index in [4.69, 9.17) is 0 Å². The van der Waals surface area contributed by atoms with Crippen LogP contribution in [0.3, 0.4) is 0 Å². The Hall–Kier alpha value is -3.96. The lowest BCUT2D eigenvalue weighted by molar-refractivity contribution is -0.127. The standard InChI is InChI=1S/2C14H24N4O2/c2*1-7-9-15-11(19)13(3,4)17-18-14(5,6)12(20)16-10-8-2/h2*7-8H,1-2,9-10H2,3-6H3,(H,15,19)(H,16,20). The maximum absolute atomic E-state index is 11.9. The molecule has 0 saturated carbocycles. The van der Waals surface area contributed by atoms with Gasteiger partial charge < -0.3 is 21.3 Å². The van der Waals surface area contributed by atoms with Crippen LogP contribution in [0.25, 0.3) is 0 Å². The fourth-order valence-corrected chi connectivity index (χ4v) is 2.21. The van der Waals surface area contributed by atoms with Crippen molar-refractivity contribution in [1.29, 1.82) is 0 Å². The Morgan fingerprint density at radius 2 is 0.600 bits per heavy atom. The molecular weight excluding hydrogens is 512 g/mol. The number of rotatable bonds is 16. The molecule has 40 heavy (non-hydrogen) atoms. The van der Waals surface area contributed by atoms with Gasteiger partial charge in [0, 0.05) is 26.2 Å². The van der Waals surface area contributed by atoms with E-state index in [0.29, 0.717) is 26.2 Å². The van der Waals surface area contributed by atoms with Gasteiger partial charge in [0.25, 0.3) is 0 Å². The highest BCUT2D eigenvalue weighted by atomic mass is 16.2. The van der Waals surface area contributed by atoms with Crippen LogP contribution >= 0.6 is 0 Å². The highest BCUT2D eigenvalue weighted by Crippen LogP contribution is 2.17. The lowest BCUT2D eigenvalue weighted by Gasteiger charge is -2.21. The molecule has 0 fully saturated rings. The van der Waals surface area contributed by atoms with Gasteiger partial charge in [-0.05, 0) is 55.4 Å². The van der Waals surface area contributed by atoms with Crippen molar-refractivity contribution in [1.82, 2.24) is 21.3 Å². The molecular formula is C28H48N8O4. The van der Waals surface area contributed by atoms with Crippen LogP contribution in [-0.4, -0.2) is 72.0 Å². The van der Waals surface area contributed by atoms with Crippen LogP contribution in [0.5, 0.6) is 0 Å². The molecule has 0 unspecified atom stereocenters. The summed E-state index contributed by atoms with van der Waals surface area (Å²) in [6.07, 6.45) is 6.32. The van der Waals surface area contributed by atoms with E-state index >= 15 is 0 Å². The summed E-state index contributed by atoms with van der Waals surface area (Å²) < 4.78 is 0. The molecule has 224 valence electrons. The number of carbonyl (C=O) groups is 4. The fraction of sp³-hybridized carbons (Fsp3) is 0.571. The Bertz CT molecular complexity index is 825. The number of hydrogen-bond donors (Lipinski definition) is 4. The second-order valence-electron chi connectivity index (χ2n) is 10.6. The van der Waals surface area contributed by atoms with E-state index < -0.39 is 22.2 Å². The summed E-state index contributed by atoms with van der Waals surface area (Å²) in [7, 11) is 0. The van der Waals surface area contributed by atoms with Crippen LogP contribution in [0.1, 0.15) is 55.4 Å². The van der Waals surface area contributed by atoms with Crippen molar-refractivity contribution >= 4 is 23.6 Å². The number of azo groups is 2. The Balaban J connectivity index is 0. The van der Waals surface area contributed by atoms with Crippen LogP contribution in [0, 0.1) is 0 Å². The summed E-state index contributed by atoms with van der Waals surface area (Å²) in [5.41, 5.74) is -4.17.